The molecular weight excluding hydrogens is 603 g/mol. The highest BCUT2D eigenvalue weighted by molar-refractivity contribution is 5.91. The van der Waals surface area contributed by atoms with Crippen molar-refractivity contribution in [3.8, 4) is 5.75 Å². The van der Waals surface area contributed by atoms with Gasteiger partial charge in [0.05, 0.1) is 36.6 Å². The summed E-state index contributed by atoms with van der Waals surface area (Å²) in [4.78, 5) is 28.1. The van der Waals surface area contributed by atoms with Crippen molar-refractivity contribution in [1.82, 2.24) is 4.90 Å². The van der Waals surface area contributed by atoms with E-state index in [2.05, 4.69) is 4.74 Å². The summed E-state index contributed by atoms with van der Waals surface area (Å²) < 4.78 is 134. The molecule has 1 fully saturated rings. The van der Waals surface area contributed by atoms with Gasteiger partial charge in [-0.25, -0.2) is 9.59 Å². The minimum absolute atomic E-state index is 0.0512. The van der Waals surface area contributed by atoms with Crippen LogP contribution in [0.3, 0.4) is 0 Å². The molecule has 4 rings (SSSR count). The van der Waals surface area contributed by atoms with Gasteiger partial charge in [-0.3, -0.25) is 9.80 Å². The van der Waals surface area contributed by atoms with E-state index in [9.17, 15) is 49.1 Å². The second-order valence-corrected chi connectivity index (χ2v) is 10.0. The monoisotopic (exact) mass is 628 g/mol. The summed E-state index contributed by atoms with van der Waals surface area (Å²) >= 11 is 0. The van der Waals surface area contributed by atoms with Crippen molar-refractivity contribution in [2.45, 2.75) is 63.5 Å². The third kappa shape index (κ3) is 7.39. The lowest BCUT2D eigenvalue weighted by molar-refractivity contribution is -0.274. The maximum absolute atomic E-state index is 13.5. The minimum Gasteiger partial charge on any atom is -0.453 e. The summed E-state index contributed by atoms with van der Waals surface area (Å²) in [7, 11) is 0.954. The maximum atomic E-state index is 13.5. The van der Waals surface area contributed by atoms with Gasteiger partial charge >= 0.3 is 30.9 Å². The van der Waals surface area contributed by atoms with Gasteiger partial charge in [0.15, 0.2) is 0 Å². The number of ether oxygens (including phenoxy) is 3. The van der Waals surface area contributed by atoms with Crippen LogP contribution in [0.25, 0.3) is 0 Å². The Balaban J connectivity index is 1.85. The second-order valence-electron chi connectivity index (χ2n) is 10.0. The third-order valence-electron chi connectivity index (χ3n) is 7.07. The largest absolute Gasteiger partial charge is 0.573 e. The van der Waals surface area contributed by atoms with E-state index in [1.165, 1.54) is 6.92 Å². The topological polar surface area (TPSA) is 68.3 Å². The zero-order chi connectivity index (χ0) is 31.9. The quantitative estimate of drug-likeness (QED) is 0.303. The molecule has 0 spiro atoms. The lowest BCUT2D eigenvalue weighted by Crippen LogP contribution is -2.49. The fourth-order valence-electron chi connectivity index (χ4n) is 5.18. The molecule has 2 aliphatic rings. The highest BCUT2D eigenvalue weighted by Crippen LogP contribution is 2.50. The number of nitrogens with zero attached hydrogens (tertiary/aromatic N) is 2. The van der Waals surface area contributed by atoms with Crippen LogP contribution in [-0.2, 0) is 28.4 Å². The molecule has 236 valence electrons. The van der Waals surface area contributed by atoms with Crippen molar-refractivity contribution in [2.75, 3.05) is 18.6 Å². The van der Waals surface area contributed by atoms with Gasteiger partial charge in [-0.05, 0) is 67.5 Å². The Bertz CT molecular complexity index is 1320. The average molecular weight is 628 g/mol. The van der Waals surface area contributed by atoms with Crippen LogP contribution < -0.4 is 9.64 Å². The van der Waals surface area contributed by atoms with Gasteiger partial charge in [-0.15, -0.1) is 13.2 Å². The average Bonchev–Trinajstić information content (AvgIpc) is 3.74. The summed E-state index contributed by atoms with van der Waals surface area (Å²) in [6.07, 6.45) is -16.2. The van der Waals surface area contributed by atoms with Crippen molar-refractivity contribution in [3.05, 3.63) is 58.7 Å². The maximum Gasteiger partial charge on any atom is 0.573 e. The first kappa shape index (κ1) is 32.1. The van der Waals surface area contributed by atoms with Crippen molar-refractivity contribution in [1.29, 1.82) is 0 Å². The zero-order valence-electron chi connectivity index (χ0n) is 22.6. The number of fused-ring (bicyclic) bond motifs is 1. The molecule has 1 saturated carbocycles. The summed E-state index contributed by atoms with van der Waals surface area (Å²) in [5, 5.41) is 0. The fourth-order valence-corrected chi connectivity index (χ4v) is 5.18. The van der Waals surface area contributed by atoms with Gasteiger partial charge in [-0.1, -0.05) is 6.07 Å². The van der Waals surface area contributed by atoms with E-state index < -0.39 is 72.0 Å². The Labute approximate surface area is 239 Å². The Kier molecular flexibility index (Phi) is 8.71. The Hall–Kier alpha value is -3.85. The number of alkyl halides is 9. The standard InChI is InChI=1S/C27H25F9N2O5/c1-3-42-24(40)38-20(15-4-5-15)12-21(19-7-6-18(11-22(19)38)43-27(34,35)36)37(23(39)41-2)13-14-8-16(25(28,29)30)10-17(9-14)26(31,32)33/h6-11,15,20-21H,3-5,12-13H2,1-2H3. The number of rotatable bonds is 6. The molecule has 0 bridgehead atoms. The predicted molar refractivity (Wildman–Crippen MR) is 131 cm³/mol. The minimum atomic E-state index is -5.14. The lowest BCUT2D eigenvalue weighted by atomic mass is 9.87. The molecule has 2 atom stereocenters. The predicted octanol–water partition coefficient (Wildman–Crippen LogP) is 8.08. The fraction of sp³-hybridized carbons (Fsp3) is 0.481. The Morgan fingerprint density at radius 2 is 1.53 bits per heavy atom. The summed E-state index contributed by atoms with van der Waals surface area (Å²) in [6, 6.07) is 1.99. The van der Waals surface area contributed by atoms with Crippen molar-refractivity contribution in [2.24, 2.45) is 5.92 Å². The van der Waals surface area contributed by atoms with E-state index in [1.54, 1.807) is 0 Å². The van der Waals surface area contributed by atoms with E-state index in [1.807, 2.05) is 0 Å². The van der Waals surface area contributed by atoms with Crippen molar-refractivity contribution in [3.63, 3.8) is 0 Å². The van der Waals surface area contributed by atoms with Crippen LogP contribution in [0.15, 0.2) is 36.4 Å². The molecule has 1 aliphatic carbocycles. The molecule has 0 N–H and O–H groups in total. The number of halogens is 9. The van der Waals surface area contributed by atoms with Crippen LogP contribution in [0.4, 0.5) is 54.8 Å². The number of carbonyl (C=O) groups is 2. The highest BCUT2D eigenvalue weighted by Gasteiger charge is 2.47. The smallest absolute Gasteiger partial charge is 0.453 e. The zero-order valence-corrected chi connectivity index (χ0v) is 22.6. The van der Waals surface area contributed by atoms with E-state index in [0.29, 0.717) is 25.0 Å². The molecule has 1 heterocycles. The second kappa shape index (κ2) is 11.7. The van der Waals surface area contributed by atoms with Crippen LogP contribution in [-0.4, -0.2) is 43.2 Å². The highest BCUT2D eigenvalue weighted by atomic mass is 19.4. The van der Waals surface area contributed by atoms with E-state index in [4.69, 9.17) is 9.47 Å². The van der Waals surface area contributed by atoms with Gasteiger partial charge in [-0.2, -0.15) is 26.3 Å². The molecule has 0 saturated heterocycles. The number of methoxy groups -OCH3 is 1. The SMILES string of the molecule is CCOC(=O)N1c2cc(OC(F)(F)F)ccc2C(N(Cc2cc(C(F)(F)F)cc(C(F)(F)F)c2)C(=O)OC)CC1C1CC1. The first-order chi connectivity index (χ1) is 19.9. The molecule has 2 aromatic rings. The van der Waals surface area contributed by atoms with Crippen LogP contribution in [0.1, 0.15) is 54.5 Å². The summed E-state index contributed by atoms with van der Waals surface area (Å²) in [5.41, 5.74) is -3.76. The summed E-state index contributed by atoms with van der Waals surface area (Å²) in [5.74, 6) is -0.870. The molecule has 0 aromatic heterocycles. The number of amides is 2. The van der Waals surface area contributed by atoms with E-state index in [0.717, 1.165) is 35.1 Å². The molecule has 2 unspecified atom stereocenters. The molecule has 7 nitrogen and oxygen atoms in total. The van der Waals surface area contributed by atoms with Crippen LogP contribution in [0.5, 0.6) is 5.75 Å². The first-order valence-corrected chi connectivity index (χ1v) is 12.9. The molecule has 16 heteroatoms. The van der Waals surface area contributed by atoms with Gasteiger partial charge in [0.1, 0.15) is 5.75 Å². The van der Waals surface area contributed by atoms with Crippen LogP contribution >= 0.6 is 0 Å². The van der Waals surface area contributed by atoms with Gasteiger partial charge in [0.25, 0.3) is 0 Å². The molecule has 0 radical (unpaired) electrons. The number of benzene rings is 2. The third-order valence-corrected chi connectivity index (χ3v) is 7.07. The Morgan fingerprint density at radius 3 is 2.02 bits per heavy atom. The van der Waals surface area contributed by atoms with Crippen LogP contribution in [0, 0.1) is 5.92 Å². The van der Waals surface area contributed by atoms with Crippen LogP contribution in [0.2, 0.25) is 0 Å². The van der Waals surface area contributed by atoms with E-state index in [-0.39, 0.29) is 36.3 Å². The van der Waals surface area contributed by atoms with E-state index >= 15 is 0 Å². The molecule has 1 aliphatic heterocycles. The van der Waals surface area contributed by atoms with Gasteiger partial charge in [0, 0.05) is 18.7 Å². The number of hydrogen-bond donors (Lipinski definition) is 0. The van der Waals surface area contributed by atoms with Crippen molar-refractivity contribution < 1.29 is 63.3 Å². The lowest BCUT2D eigenvalue weighted by Gasteiger charge is -2.44. The number of carbonyl (C=O) groups excluding carboxylic acids is 2. The first-order valence-electron chi connectivity index (χ1n) is 12.9. The van der Waals surface area contributed by atoms with Gasteiger partial charge < -0.3 is 14.2 Å². The molecular formula is C27H25F9N2O5. The molecule has 2 aromatic carbocycles. The molecule has 2 amide bonds. The Morgan fingerprint density at radius 1 is 0.930 bits per heavy atom. The van der Waals surface area contributed by atoms with Crippen molar-refractivity contribution >= 4 is 17.9 Å². The number of hydrogen-bond acceptors (Lipinski definition) is 5. The molecule has 43 heavy (non-hydrogen) atoms. The normalized spacial score (nSPS) is 19.0. The number of anilines is 1. The van der Waals surface area contributed by atoms with Gasteiger partial charge in [0.2, 0.25) is 0 Å². The summed E-state index contributed by atoms with van der Waals surface area (Å²) in [6.45, 7) is 0.654.